The molecule has 0 spiro atoms. The van der Waals surface area contributed by atoms with E-state index in [1.807, 2.05) is 4.72 Å². The van der Waals surface area contributed by atoms with Gasteiger partial charge in [-0.2, -0.15) is 0 Å². The van der Waals surface area contributed by atoms with E-state index in [9.17, 15) is 21.6 Å². The lowest BCUT2D eigenvalue weighted by molar-refractivity contribution is 0.590. The Bertz CT molecular complexity index is 809. The van der Waals surface area contributed by atoms with E-state index in [1.165, 1.54) is 6.92 Å². The molecule has 21 heavy (non-hydrogen) atoms. The third kappa shape index (κ3) is 3.38. The summed E-state index contributed by atoms with van der Waals surface area (Å²) < 4.78 is 66.1. The van der Waals surface area contributed by atoms with Crippen LogP contribution in [-0.2, 0) is 10.0 Å². The summed E-state index contributed by atoms with van der Waals surface area (Å²) in [6, 6.07) is 4.59. The SMILES string of the molecule is Cc1cc(F)ccc1S(=O)(=O)Nc1cc(F)c(Br)cc1F. The zero-order valence-electron chi connectivity index (χ0n) is 10.6. The lowest BCUT2D eigenvalue weighted by Crippen LogP contribution is -2.15. The summed E-state index contributed by atoms with van der Waals surface area (Å²) in [7, 11) is -4.15. The van der Waals surface area contributed by atoms with E-state index in [1.54, 1.807) is 0 Å². The predicted molar refractivity (Wildman–Crippen MR) is 76.0 cm³/mol. The van der Waals surface area contributed by atoms with Crippen LogP contribution in [0.15, 0.2) is 39.7 Å². The van der Waals surface area contributed by atoms with Gasteiger partial charge in [0.25, 0.3) is 10.0 Å². The van der Waals surface area contributed by atoms with Gasteiger partial charge in [-0.05, 0) is 52.7 Å². The van der Waals surface area contributed by atoms with Gasteiger partial charge in [-0.15, -0.1) is 0 Å². The van der Waals surface area contributed by atoms with Crippen molar-refractivity contribution in [1.82, 2.24) is 0 Å². The second-order valence-electron chi connectivity index (χ2n) is 4.26. The first-order valence-electron chi connectivity index (χ1n) is 5.64. The van der Waals surface area contributed by atoms with Crippen molar-refractivity contribution in [2.24, 2.45) is 0 Å². The first-order chi connectivity index (χ1) is 9.70. The summed E-state index contributed by atoms with van der Waals surface area (Å²) in [5, 5.41) is 0. The van der Waals surface area contributed by atoms with E-state index in [-0.39, 0.29) is 14.9 Å². The van der Waals surface area contributed by atoms with Crippen molar-refractivity contribution in [3.63, 3.8) is 0 Å². The van der Waals surface area contributed by atoms with Crippen molar-refractivity contribution >= 4 is 31.6 Å². The minimum atomic E-state index is -4.15. The third-order valence-electron chi connectivity index (χ3n) is 2.68. The van der Waals surface area contributed by atoms with Crippen molar-refractivity contribution in [3.05, 3.63) is 57.8 Å². The van der Waals surface area contributed by atoms with Gasteiger partial charge in [0.05, 0.1) is 15.1 Å². The minimum Gasteiger partial charge on any atom is -0.277 e. The van der Waals surface area contributed by atoms with Crippen molar-refractivity contribution in [3.8, 4) is 0 Å². The second-order valence-corrected chi connectivity index (χ2v) is 6.77. The quantitative estimate of drug-likeness (QED) is 0.819. The Morgan fingerprint density at radius 2 is 1.71 bits per heavy atom. The highest BCUT2D eigenvalue weighted by Gasteiger charge is 2.20. The molecule has 3 nitrogen and oxygen atoms in total. The number of nitrogens with one attached hydrogen (secondary N) is 1. The molecule has 0 aliphatic heterocycles. The molecule has 0 radical (unpaired) electrons. The normalized spacial score (nSPS) is 11.5. The van der Waals surface area contributed by atoms with E-state index >= 15 is 0 Å². The lowest BCUT2D eigenvalue weighted by Gasteiger charge is -2.11. The number of halogens is 4. The summed E-state index contributed by atoms with van der Waals surface area (Å²) in [5.74, 6) is -2.34. The molecule has 0 atom stereocenters. The molecule has 8 heteroatoms. The number of rotatable bonds is 3. The predicted octanol–water partition coefficient (Wildman–Crippen LogP) is 3.98. The fraction of sp³-hybridized carbons (Fsp3) is 0.0769. The minimum absolute atomic E-state index is 0.124. The zero-order chi connectivity index (χ0) is 15.8. The summed E-state index contributed by atoms with van der Waals surface area (Å²) >= 11 is 2.79. The Morgan fingerprint density at radius 3 is 2.33 bits per heavy atom. The second kappa shape index (κ2) is 5.69. The van der Waals surface area contributed by atoms with Crippen LogP contribution in [0, 0.1) is 24.4 Å². The Labute approximate surface area is 128 Å². The molecule has 0 unspecified atom stereocenters. The number of hydrogen-bond donors (Lipinski definition) is 1. The Balaban J connectivity index is 2.45. The maximum atomic E-state index is 13.7. The molecule has 0 fully saturated rings. The summed E-state index contributed by atoms with van der Waals surface area (Å²) in [6.45, 7) is 1.40. The standard InChI is InChI=1S/C13H9BrF3NO2S/c1-7-4-8(15)2-3-13(7)21(19,20)18-12-6-10(16)9(14)5-11(12)17/h2-6,18H,1H3. The molecule has 0 aliphatic carbocycles. The average molecular weight is 380 g/mol. The van der Waals surface area contributed by atoms with Gasteiger partial charge in [0, 0.05) is 6.07 Å². The third-order valence-corrected chi connectivity index (χ3v) is 4.81. The molecule has 2 aromatic rings. The van der Waals surface area contributed by atoms with Gasteiger partial charge in [-0.3, -0.25) is 4.72 Å². The van der Waals surface area contributed by atoms with Gasteiger partial charge in [0.2, 0.25) is 0 Å². The number of benzene rings is 2. The number of aryl methyl sites for hydroxylation is 1. The molecular formula is C13H9BrF3NO2S. The number of anilines is 1. The molecule has 0 amide bonds. The van der Waals surface area contributed by atoms with Crippen LogP contribution >= 0.6 is 15.9 Å². The fourth-order valence-corrected chi connectivity index (χ4v) is 3.32. The molecule has 0 saturated carbocycles. The van der Waals surface area contributed by atoms with Crippen LogP contribution in [-0.4, -0.2) is 8.42 Å². The molecule has 1 N–H and O–H groups in total. The van der Waals surface area contributed by atoms with Crippen LogP contribution in [0.2, 0.25) is 0 Å². The van der Waals surface area contributed by atoms with Crippen molar-refractivity contribution < 1.29 is 21.6 Å². The van der Waals surface area contributed by atoms with Crippen LogP contribution in [0.1, 0.15) is 5.56 Å². The van der Waals surface area contributed by atoms with Gasteiger partial charge in [-0.1, -0.05) is 0 Å². The Kier molecular flexibility index (Phi) is 4.29. The van der Waals surface area contributed by atoms with Crippen LogP contribution < -0.4 is 4.72 Å². The highest BCUT2D eigenvalue weighted by molar-refractivity contribution is 9.10. The van der Waals surface area contributed by atoms with Crippen molar-refractivity contribution in [1.29, 1.82) is 0 Å². The fourth-order valence-electron chi connectivity index (χ4n) is 1.71. The van der Waals surface area contributed by atoms with E-state index < -0.39 is 33.2 Å². The summed E-state index contributed by atoms with van der Waals surface area (Å²) in [6.07, 6.45) is 0. The Morgan fingerprint density at radius 1 is 1.05 bits per heavy atom. The highest BCUT2D eigenvalue weighted by Crippen LogP contribution is 2.26. The molecule has 0 saturated heterocycles. The highest BCUT2D eigenvalue weighted by atomic mass is 79.9. The molecule has 0 aliphatic rings. The van der Waals surface area contributed by atoms with Gasteiger partial charge in [-0.25, -0.2) is 21.6 Å². The molecule has 2 aromatic carbocycles. The van der Waals surface area contributed by atoms with Crippen molar-refractivity contribution in [2.75, 3.05) is 4.72 Å². The van der Waals surface area contributed by atoms with E-state index in [0.717, 1.165) is 30.3 Å². The molecule has 112 valence electrons. The van der Waals surface area contributed by atoms with E-state index in [0.29, 0.717) is 0 Å². The van der Waals surface area contributed by atoms with Crippen LogP contribution in [0.3, 0.4) is 0 Å². The van der Waals surface area contributed by atoms with Crippen molar-refractivity contribution in [2.45, 2.75) is 11.8 Å². The van der Waals surface area contributed by atoms with Crippen LogP contribution in [0.4, 0.5) is 18.9 Å². The zero-order valence-corrected chi connectivity index (χ0v) is 13.0. The maximum absolute atomic E-state index is 13.7. The summed E-state index contributed by atoms with van der Waals surface area (Å²) in [5.41, 5.74) is -0.375. The van der Waals surface area contributed by atoms with Gasteiger partial charge < -0.3 is 0 Å². The first-order valence-corrected chi connectivity index (χ1v) is 7.92. The van der Waals surface area contributed by atoms with Crippen LogP contribution in [0.5, 0.6) is 0 Å². The maximum Gasteiger partial charge on any atom is 0.262 e. The van der Waals surface area contributed by atoms with Gasteiger partial charge in [0.15, 0.2) is 0 Å². The molecular weight excluding hydrogens is 371 g/mol. The monoisotopic (exact) mass is 379 g/mol. The number of hydrogen-bond acceptors (Lipinski definition) is 2. The molecule has 2 rings (SSSR count). The smallest absolute Gasteiger partial charge is 0.262 e. The molecule has 0 heterocycles. The van der Waals surface area contributed by atoms with Gasteiger partial charge >= 0.3 is 0 Å². The van der Waals surface area contributed by atoms with Gasteiger partial charge in [0.1, 0.15) is 17.5 Å². The first kappa shape index (κ1) is 15.8. The largest absolute Gasteiger partial charge is 0.277 e. The van der Waals surface area contributed by atoms with Crippen LogP contribution in [0.25, 0.3) is 0 Å². The molecule has 0 aromatic heterocycles. The molecule has 0 bridgehead atoms. The number of sulfonamides is 1. The van der Waals surface area contributed by atoms with E-state index in [2.05, 4.69) is 15.9 Å². The van der Waals surface area contributed by atoms with E-state index in [4.69, 9.17) is 0 Å². The Hall–Kier alpha value is -1.54. The average Bonchev–Trinajstić information content (AvgIpc) is 2.35. The summed E-state index contributed by atoms with van der Waals surface area (Å²) in [4.78, 5) is -0.216. The lowest BCUT2D eigenvalue weighted by atomic mass is 10.2. The topological polar surface area (TPSA) is 46.2 Å².